The van der Waals surface area contributed by atoms with Gasteiger partial charge in [-0.3, -0.25) is 0 Å². The number of rotatable bonds is 6. The third kappa shape index (κ3) is 3.60. The molecule has 0 aliphatic rings. The van der Waals surface area contributed by atoms with Gasteiger partial charge in [0.25, 0.3) is 0 Å². The summed E-state index contributed by atoms with van der Waals surface area (Å²) in [5.74, 6) is -4.87. The monoisotopic (exact) mass is 388 g/mol. The fourth-order valence-electron chi connectivity index (χ4n) is 2.72. The molecule has 0 aliphatic carbocycles. The number of nitrogens with zero attached hydrogens (tertiary/aromatic N) is 2. The maximum absolute atomic E-state index is 14.6. The Labute approximate surface area is 159 Å². The lowest BCUT2D eigenvalue weighted by molar-refractivity contribution is 0.314. The summed E-state index contributed by atoms with van der Waals surface area (Å²) >= 11 is 0. The van der Waals surface area contributed by atoms with Gasteiger partial charge in [0.05, 0.1) is 6.61 Å². The van der Waals surface area contributed by atoms with E-state index in [1.807, 2.05) is 0 Å². The maximum atomic E-state index is 14.6. The molecular weight excluding hydrogens is 372 g/mol. The lowest BCUT2D eigenvalue weighted by Gasteiger charge is -2.12. The molecule has 0 radical (unpaired) electrons. The molecule has 0 saturated heterocycles. The highest BCUT2D eigenvalue weighted by molar-refractivity contribution is 5.72. The summed E-state index contributed by atoms with van der Waals surface area (Å²) in [6, 6.07) is 4.78. The minimum absolute atomic E-state index is 0.0850. The van der Waals surface area contributed by atoms with Gasteiger partial charge in [-0.15, -0.1) is 6.58 Å². The fraction of sp³-hybridized carbons (Fsp3) is 0.143. The van der Waals surface area contributed by atoms with Crippen LogP contribution in [0.15, 0.2) is 49.3 Å². The number of allylic oxidation sites excluding steroid dienone is 1. The van der Waals surface area contributed by atoms with Crippen LogP contribution in [0.3, 0.4) is 0 Å². The van der Waals surface area contributed by atoms with Gasteiger partial charge in [0.1, 0.15) is 5.82 Å². The van der Waals surface area contributed by atoms with E-state index in [1.165, 1.54) is 30.6 Å². The molecule has 3 aromatic rings. The van der Waals surface area contributed by atoms with Gasteiger partial charge in [-0.1, -0.05) is 18.2 Å². The number of benzene rings is 2. The van der Waals surface area contributed by atoms with Crippen LogP contribution in [0.25, 0.3) is 22.3 Å². The quantitative estimate of drug-likeness (QED) is 0.413. The molecule has 2 aromatic carbocycles. The van der Waals surface area contributed by atoms with Crippen LogP contribution in [0.2, 0.25) is 0 Å². The molecule has 0 atom stereocenters. The summed E-state index contributed by atoms with van der Waals surface area (Å²) in [5, 5.41) is 0. The van der Waals surface area contributed by atoms with E-state index in [2.05, 4.69) is 16.5 Å². The molecule has 0 bridgehead atoms. The molecule has 0 aliphatic heterocycles. The molecular formula is C21H16F4N2O. The zero-order valence-electron chi connectivity index (χ0n) is 15.0. The third-order valence-corrected chi connectivity index (χ3v) is 4.06. The number of ether oxygens (including phenoxy) is 1. The summed E-state index contributed by atoms with van der Waals surface area (Å²) in [5.41, 5.74) is -0.626. The van der Waals surface area contributed by atoms with E-state index in [4.69, 9.17) is 4.74 Å². The predicted molar refractivity (Wildman–Crippen MR) is 97.8 cm³/mol. The molecule has 144 valence electrons. The summed E-state index contributed by atoms with van der Waals surface area (Å²) in [4.78, 5) is 8.11. The molecule has 0 amide bonds. The minimum atomic E-state index is -1.31. The second kappa shape index (κ2) is 8.21. The lowest BCUT2D eigenvalue weighted by Crippen LogP contribution is -2.01. The summed E-state index contributed by atoms with van der Waals surface area (Å²) in [6.45, 7) is 5.33. The van der Waals surface area contributed by atoms with E-state index in [-0.39, 0.29) is 23.5 Å². The van der Waals surface area contributed by atoms with Crippen LogP contribution in [0.1, 0.15) is 12.7 Å². The van der Waals surface area contributed by atoms with Gasteiger partial charge in [-0.2, -0.15) is 4.39 Å². The van der Waals surface area contributed by atoms with Crippen molar-refractivity contribution >= 4 is 0 Å². The Morgan fingerprint density at radius 3 is 2.00 bits per heavy atom. The van der Waals surface area contributed by atoms with Crippen molar-refractivity contribution in [3.05, 3.63) is 78.4 Å². The van der Waals surface area contributed by atoms with E-state index in [1.54, 1.807) is 13.0 Å². The third-order valence-electron chi connectivity index (χ3n) is 4.06. The highest BCUT2D eigenvalue weighted by atomic mass is 19.2. The van der Waals surface area contributed by atoms with E-state index < -0.39 is 34.4 Å². The molecule has 0 N–H and O–H groups in total. The Morgan fingerprint density at radius 2 is 1.39 bits per heavy atom. The number of aromatic nitrogens is 2. The smallest absolute Gasteiger partial charge is 0.201 e. The van der Waals surface area contributed by atoms with Gasteiger partial charge in [-0.25, -0.2) is 23.1 Å². The Balaban J connectivity index is 2.03. The highest BCUT2D eigenvalue weighted by Gasteiger charge is 2.22. The molecule has 3 rings (SSSR count). The van der Waals surface area contributed by atoms with E-state index in [0.29, 0.717) is 12.2 Å². The molecule has 3 nitrogen and oxygen atoms in total. The SMILES string of the molecule is C=CCc1ncc(-c2ccc(-c3ccc(OCC)c(F)c3F)c(F)c2F)cn1. The van der Waals surface area contributed by atoms with Crippen molar-refractivity contribution in [1.82, 2.24) is 9.97 Å². The maximum Gasteiger partial charge on any atom is 0.201 e. The van der Waals surface area contributed by atoms with Crippen LogP contribution in [-0.2, 0) is 6.42 Å². The topological polar surface area (TPSA) is 35.0 Å². The summed E-state index contributed by atoms with van der Waals surface area (Å²) in [6.07, 6.45) is 4.79. The summed E-state index contributed by atoms with van der Waals surface area (Å²) in [7, 11) is 0. The van der Waals surface area contributed by atoms with Crippen LogP contribution in [0.5, 0.6) is 5.75 Å². The van der Waals surface area contributed by atoms with Crippen molar-refractivity contribution in [2.75, 3.05) is 6.61 Å². The average molecular weight is 388 g/mol. The van der Waals surface area contributed by atoms with E-state index in [9.17, 15) is 17.6 Å². The van der Waals surface area contributed by atoms with Crippen LogP contribution >= 0.6 is 0 Å². The second-order valence-electron chi connectivity index (χ2n) is 5.84. The van der Waals surface area contributed by atoms with Gasteiger partial charge < -0.3 is 4.74 Å². The zero-order chi connectivity index (χ0) is 20.3. The van der Waals surface area contributed by atoms with Gasteiger partial charge >= 0.3 is 0 Å². The highest BCUT2D eigenvalue weighted by Crippen LogP contribution is 2.35. The normalized spacial score (nSPS) is 10.8. The standard InChI is InChI=1S/C21H16F4N2O/c1-3-5-17-26-10-12(11-27-17)13-6-7-14(19(23)18(13)22)15-8-9-16(28-4-2)21(25)20(15)24/h3,6-11H,1,4-5H2,2H3. The second-order valence-corrected chi connectivity index (χ2v) is 5.84. The van der Waals surface area contributed by atoms with Crippen LogP contribution in [-0.4, -0.2) is 16.6 Å². The lowest BCUT2D eigenvalue weighted by atomic mass is 9.99. The largest absolute Gasteiger partial charge is 0.491 e. The van der Waals surface area contributed by atoms with Crippen molar-refractivity contribution < 1.29 is 22.3 Å². The Bertz CT molecular complexity index is 1020. The van der Waals surface area contributed by atoms with Crippen LogP contribution < -0.4 is 4.74 Å². The first-order valence-corrected chi connectivity index (χ1v) is 8.49. The minimum Gasteiger partial charge on any atom is -0.491 e. The predicted octanol–water partition coefficient (Wildman–Crippen LogP) is 5.49. The Kier molecular flexibility index (Phi) is 5.73. The molecule has 28 heavy (non-hydrogen) atoms. The van der Waals surface area contributed by atoms with Gasteiger partial charge in [-0.05, 0) is 19.1 Å². The van der Waals surface area contributed by atoms with Crippen LogP contribution in [0, 0.1) is 23.3 Å². The van der Waals surface area contributed by atoms with Crippen molar-refractivity contribution in [2.45, 2.75) is 13.3 Å². The number of hydrogen-bond acceptors (Lipinski definition) is 3. The van der Waals surface area contributed by atoms with Gasteiger partial charge in [0.15, 0.2) is 23.2 Å². The fourth-order valence-corrected chi connectivity index (χ4v) is 2.72. The van der Waals surface area contributed by atoms with E-state index in [0.717, 1.165) is 6.07 Å². The first kappa shape index (κ1) is 19.5. The Morgan fingerprint density at radius 1 is 0.857 bits per heavy atom. The molecule has 1 aromatic heterocycles. The molecule has 0 unspecified atom stereocenters. The number of hydrogen-bond donors (Lipinski definition) is 0. The van der Waals surface area contributed by atoms with Crippen molar-refractivity contribution in [3.63, 3.8) is 0 Å². The Hall–Kier alpha value is -3.22. The van der Waals surface area contributed by atoms with Crippen molar-refractivity contribution in [2.24, 2.45) is 0 Å². The first-order valence-electron chi connectivity index (χ1n) is 8.49. The zero-order valence-corrected chi connectivity index (χ0v) is 15.0. The van der Waals surface area contributed by atoms with Gasteiger partial charge in [0.2, 0.25) is 5.82 Å². The average Bonchev–Trinajstić information content (AvgIpc) is 2.69. The molecule has 0 fully saturated rings. The molecule has 7 heteroatoms. The van der Waals surface area contributed by atoms with E-state index >= 15 is 0 Å². The molecule has 1 heterocycles. The van der Waals surface area contributed by atoms with Crippen molar-refractivity contribution in [3.8, 4) is 28.0 Å². The molecule has 0 saturated carbocycles. The first-order chi connectivity index (χ1) is 13.5. The van der Waals surface area contributed by atoms with Crippen molar-refractivity contribution in [1.29, 1.82) is 0 Å². The summed E-state index contributed by atoms with van der Waals surface area (Å²) < 4.78 is 62.7. The molecule has 0 spiro atoms. The van der Waals surface area contributed by atoms with Crippen LogP contribution in [0.4, 0.5) is 17.6 Å². The number of halogens is 4. The van der Waals surface area contributed by atoms with Gasteiger partial charge in [0, 0.05) is 41.1 Å².